The normalized spacial score (nSPS) is 10.2. The summed E-state index contributed by atoms with van der Waals surface area (Å²) >= 11 is 9.46. The quantitative estimate of drug-likeness (QED) is 0.557. The van der Waals surface area contributed by atoms with Gasteiger partial charge in [-0.1, -0.05) is 27.5 Å². The lowest BCUT2D eigenvalue weighted by Crippen LogP contribution is -2.13. The van der Waals surface area contributed by atoms with Crippen molar-refractivity contribution >= 4 is 45.1 Å². The minimum atomic E-state index is 0.170. The van der Waals surface area contributed by atoms with Crippen LogP contribution in [-0.2, 0) is 0 Å². The second kappa shape index (κ2) is 6.69. The average molecular weight is 360 g/mol. The van der Waals surface area contributed by atoms with Gasteiger partial charge in [0.1, 0.15) is 0 Å². The van der Waals surface area contributed by atoms with Crippen LogP contribution in [0.2, 0.25) is 5.02 Å². The Hall–Kier alpha value is -1.64. The SMILES string of the molecule is CCOc1nc(NN)nc(Nc2cc(Br)ccc2Cl)n1. The summed E-state index contributed by atoms with van der Waals surface area (Å²) in [6.07, 6.45) is 0. The van der Waals surface area contributed by atoms with Crippen LogP contribution < -0.4 is 21.3 Å². The Balaban J connectivity index is 2.32. The molecule has 0 unspecified atom stereocenters. The highest BCUT2D eigenvalue weighted by molar-refractivity contribution is 9.10. The topological polar surface area (TPSA) is 98.0 Å². The monoisotopic (exact) mass is 358 g/mol. The second-order valence-corrected chi connectivity index (χ2v) is 4.91. The molecule has 0 fully saturated rings. The van der Waals surface area contributed by atoms with Crippen molar-refractivity contribution in [1.29, 1.82) is 0 Å². The molecule has 0 spiro atoms. The van der Waals surface area contributed by atoms with Gasteiger partial charge in [0, 0.05) is 4.47 Å². The van der Waals surface area contributed by atoms with Crippen LogP contribution >= 0.6 is 27.5 Å². The summed E-state index contributed by atoms with van der Waals surface area (Å²) in [5, 5.41) is 3.52. The molecule has 20 heavy (non-hydrogen) atoms. The van der Waals surface area contributed by atoms with Crippen LogP contribution in [0.25, 0.3) is 0 Å². The maximum atomic E-state index is 6.09. The number of rotatable bonds is 5. The summed E-state index contributed by atoms with van der Waals surface area (Å²) in [5.74, 6) is 5.78. The summed E-state index contributed by atoms with van der Waals surface area (Å²) in [6.45, 7) is 2.27. The molecule has 0 saturated carbocycles. The first kappa shape index (κ1) is 14.8. The number of nitrogens with two attached hydrogens (primary N) is 1. The maximum absolute atomic E-state index is 6.09. The van der Waals surface area contributed by atoms with Crippen molar-refractivity contribution in [3.05, 3.63) is 27.7 Å². The van der Waals surface area contributed by atoms with E-state index in [-0.39, 0.29) is 17.9 Å². The van der Waals surface area contributed by atoms with Crippen molar-refractivity contribution in [1.82, 2.24) is 15.0 Å². The fourth-order valence-corrected chi connectivity index (χ4v) is 1.91. The molecule has 1 heterocycles. The smallest absolute Gasteiger partial charge is 0.323 e. The molecule has 1 aromatic heterocycles. The molecular formula is C11H12BrClN6O. The third kappa shape index (κ3) is 3.69. The number of nitrogens with one attached hydrogen (secondary N) is 2. The van der Waals surface area contributed by atoms with Gasteiger partial charge in [-0.25, -0.2) is 5.84 Å². The number of nitrogens with zero attached hydrogens (tertiary/aromatic N) is 3. The van der Waals surface area contributed by atoms with E-state index in [9.17, 15) is 0 Å². The summed E-state index contributed by atoms with van der Waals surface area (Å²) in [7, 11) is 0. The zero-order valence-corrected chi connectivity index (χ0v) is 12.9. The number of hydrogen-bond acceptors (Lipinski definition) is 7. The van der Waals surface area contributed by atoms with Crippen molar-refractivity contribution in [2.45, 2.75) is 6.92 Å². The number of ether oxygens (including phenoxy) is 1. The summed E-state index contributed by atoms with van der Waals surface area (Å²) in [4.78, 5) is 12.1. The minimum absolute atomic E-state index is 0.170. The zero-order chi connectivity index (χ0) is 14.5. The van der Waals surface area contributed by atoms with E-state index in [0.29, 0.717) is 17.3 Å². The van der Waals surface area contributed by atoms with Gasteiger partial charge in [0.2, 0.25) is 11.9 Å². The molecule has 0 bridgehead atoms. The number of hydrazine groups is 1. The van der Waals surface area contributed by atoms with E-state index in [0.717, 1.165) is 4.47 Å². The molecule has 2 aromatic rings. The van der Waals surface area contributed by atoms with Crippen LogP contribution in [-0.4, -0.2) is 21.6 Å². The highest BCUT2D eigenvalue weighted by Gasteiger charge is 2.09. The standard InChI is InChI=1S/C11H12BrClN6O/c1-2-20-11-17-9(16-10(18-11)19-14)15-8-5-6(12)3-4-7(8)13/h3-5H,2,14H2,1H3,(H2,15,16,17,18,19). The molecule has 0 atom stereocenters. The summed E-state index contributed by atoms with van der Waals surface area (Å²) in [6, 6.07) is 5.56. The van der Waals surface area contributed by atoms with Crippen molar-refractivity contribution in [3.63, 3.8) is 0 Å². The number of hydrogen-bond donors (Lipinski definition) is 3. The van der Waals surface area contributed by atoms with Gasteiger partial charge in [0.25, 0.3) is 0 Å². The third-order valence-electron chi connectivity index (χ3n) is 2.19. The molecule has 0 radical (unpaired) electrons. The van der Waals surface area contributed by atoms with Gasteiger partial charge in [0.05, 0.1) is 17.3 Å². The molecule has 9 heteroatoms. The van der Waals surface area contributed by atoms with Crippen LogP contribution in [0, 0.1) is 0 Å². The van der Waals surface area contributed by atoms with Crippen LogP contribution in [0.3, 0.4) is 0 Å². The maximum Gasteiger partial charge on any atom is 0.323 e. The fourth-order valence-electron chi connectivity index (χ4n) is 1.38. The molecule has 106 valence electrons. The summed E-state index contributed by atoms with van der Waals surface area (Å²) in [5.41, 5.74) is 3.00. The van der Waals surface area contributed by atoms with E-state index in [2.05, 4.69) is 41.6 Å². The molecule has 0 aliphatic carbocycles. The Morgan fingerprint density at radius 2 is 2.05 bits per heavy atom. The molecule has 0 aliphatic heterocycles. The van der Waals surface area contributed by atoms with E-state index in [1.54, 1.807) is 6.07 Å². The first-order valence-corrected chi connectivity index (χ1v) is 6.87. The van der Waals surface area contributed by atoms with E-state index < -0.39 is 0 Å². The highest BCUT2D eigenvalue weighted by atomic mass is 79.9. The van der Waals surface area contributed by atoms with Gasteiger partial charge in [-0.05, 0) is 25.1 Å². The molecule has 4 N–H and O–H groups in total. The first-order valence-electron chi connectivity index (χ1n) is 5.70. The highest BCUT2D eigenvalue weighted by Crippen LogP contribution is 2.28. The molecule has 0 aliphatic rings. The van der Waals surface area contributed by atoms with Gasteiger partial charge in [-0.3, -0.25) is 5.43 Å². The average Bonchev–Trinajstić information content (AvgIpc) is 2.43. The first-order chi connectivity index (χ1) is 9.62. The number of aromatic nitrogens is 3. The lowest BCUT2D eigenvalue weighted by atomic mass is 10.3. The Bertz CT molecular complexity index is 611. The van der Waals surface area contributed by atoms with Crippen LogP contribution in [0.5, 0.6) is 6.01 Å². The second-order valence-electron chi connectivity index (χ2n) is 3.59. The lowest BCUT2D eigenvalue weighted by molar-refractivity contribution is 0.312. The molecule has 0 saturated heterocycles. The molecular weight excluding hydrogens is 348 g/mol. The van der Waals surface area contributed by atoms with Crippen molar-refractivity contribution in [3.8, 4) is 6.01 Å². The van der Waals surface area contributed by atoms with Gasteiger partial charge in [-0.15, -0.1) is 0 Å². The van der Waals surface area contributed by atoms with Crippen LogP contribution in [0.4, 0.5) is 17.6 Å². The van der Waals surface area contributed by atoms with Gasteiger partial charge in [0.15, 0.2) is 0 Å². The predicted molar refractivity (Wildman–Crippen MR) is 81.2 cm³/mol. The molecule has 0 amide bonds. The predicted octanol–water partition coefficient (Wildman–Crippen LogP) is 2.72. The molecule has 1 aromatic carbocycles. The third-order valence-corrected chi connectivity index (χ3v) is 3.02. The molecule has 2 rings (SSSR count). The zero-order valence-electron chi connectivity index (χ0n) is 10.5. The van der Waals surface area contributed by atoms with Gasteiger partial charge in [-0.2, -0.15) is 15.0 Å². The summed E-state index contributed by atoms with van der Waals surface area (Å²) < 4.78 is 6.12. The van der Waals surface area contributed by atoms with Crippen molar-refractivity contribution in [2.75, 3.05) is 17.3 Å². The van der Waals surface area contributed by atoms with Crippen molar-refractivity contribution in [2.24, 2.45) is 5.84 Å². The number of halogens is 2. The van der Waals surface area contributed by atoms with E-state index in [4.69, 9.17) is 22.2 Å². The number of anilines is 3. The van der Waals surface area contributed by atoms with E-state index in [1.165, 1.54) is 0 Å². The Morgan fingerprint density at radius 1 is 1.30 bits per heavy atom. The Labute approximate surface area is 129 Å². The van der Waals surface area contributed by atoms with Gasteiger partial charge >= 0.3 is 6.01 Å². The fraction of sp³-hybridized carbons (Fsp3) is 0.182. The van der Waals surface area contributed by atoms with Crippen LogP contribution in [0.15, 0.2) is 22.7 Å². The van der Waals surface area contributed by atoms with E-state index >= 15 is 0 Å². The number of nitrogen functional groups attached to an aromatic ring is 1. The minimum Gasteiger partial charge on any atom is -0.464 e. The Kier molecular flexibility index (Phi) is 4.94. The Morgan fingerprint density at radius 3 is 2.75 bits per heavy atom. The van der Waals surface area contributed by atoms with Crippen LogP contribution in [0.1, 0.15) is 6.92 Å². The van der Waals surface area contributed by atoms with Crippen molar-refractivity contribution < 1.29 is 4.74 Å². The molecule has 7 nitrogen and oxygen atoms in total. The van der Waals surface area contributed by atoms with E-state index in [1.807, 2.05) is 19.1 Å². The number of benzene rings is 1. The lowest BCUT2D eigenvalue weighted by Gasteiger charge is -2.10. The largest absolute Gasteiger partial charge is 0.464 e. The van der Waals surface area contributed by atoms with Gasteiger partial charge < -0.3 is 10.1 Å².